The highest BCUT2D eigenvalue weighted by molar-refractivity contribution is 6.09. The van der Waals surface area contributed by atoms with E-state index in [4.69, 9.17) is 9.47 Å². The molecule has 0 spiro atoms. The molecule has 0 amide bonds. The molecule has 5 heteroatoms. The zero-order valence-electron chi connectivity index (χ0n) is 20.0. The van der Waals surface area contributed by atoms with Crippen LogP contribution in [-0.4, -0.2) is 30.9 Å². The molecule has 0 aromatic heterocycles. The summed E-state index contributed by atoms with van der Waals surface area (Å²) in [7, 11) is 0. The van der Waals surface area contributed by atoms with Crippen molar-refractivity contribution in [3.8, 4) is 0 Å². The smallest absolute Gasteiger partial charge is 0.311 e. The van der Waals surface area contributed by atoms with Crippen molar-refractivity contribution in [2.75, 3.05) is 13.2 Å². The summed E-state index contributed by atoms with van der Waals surface area (Å²) in [5.74, 6) is -0.532. The normalized spacial score (nSPS) is 11.7. The third-order valence-corrected chi connectivity index (χ3v) is 5.38. The summed E-state index contributed by atoms with van der Waals surface area (Å²) >= 11 is 0. The minimum absolute atomic E-state index is 0.0718. The second kappa shape index (κ2) is 10.6. The van der Waals surface area contributed by atoms with E-state index < -0.39 is 10.8 Å². The first-order valence-corrected chi connectivity index (χ1v) is 11.1. The fourth-order valence-electron chi connectivity index (χ4n) is 3.53. The highest BCUT2D eigenvalue weighted by atomic mass is 16.5. The number of hydrogen-bond acceptors (Lipinski definition) is 5. The SMILES string of the molecule is CCOC(=O)C(C)(C)Cc1ccc(C(=O)c2ccc(CC(C)(C)C(=O)OCC)cc2)cc1. The van der Waals surface area contributed by atoms with Gasteiger partial charge in [0.25, 0.3) is 0 Å². The number of hydrogen-bond donors (Lipinski definition) is 0. The van der Waals surface area contributed by atoms with Crippen LogP contribution in [0.4, 0.5) is 0 Å². The number of benzene rings is 2. The molecule has 2 aromatic carbocycles. The Morgan fingerprint density at radius 2 is 0.938 bits per heavy atom. The molecule has 0 bridgehead atoms. The van der Waals surface area contributed by atoms with Gasteiger partial charge >= 0.3 is 11.9 Å². The van der Waals surface area contributed by atoms with Gasteiger partial charge in [0.15, 0.2) is 5.78 Å². The van der Waals surface area contributed by atoms with Crippen LogP contribution in [0, 0.1) is 10.8 Å². The monoisotopic (exact) mass is 438 g/mol. The molecule has 0 saturated carbocycles. The van der Waals surface area contributed by atoms with Crippen LogP contribution in [0.5, 0.6) is 0 Å². The Hall–Kier alpha value is -2.95. The second-order valence-electron chi connectivity index (χ2n) is 9.29. The lowest BCUT2D eigenvalue weighted by Crippen LogP contribution is -2.29. The number of ketones is 1. The molecular weight excluding hydrogens is 404 g/mol. The highest BCUT2D eigenvalue weighted by Gasteiger charge is 2.30. The first-order valence-electron chi connectivity index (χ1n) is 11.1. The molecule has 0 aliphatic carbocycles. The molecule has 5 nitrogen and oxygen atoms in total. The fraction of sp³-hybridized carbons (Fsp3) is 0.444. The Morgan fingerprint density at radius 3 is 1.22 bits per heavy atom. The molecule has 0 aliphatic rings. The molecule has 2 aromatic rings. The van der Waals surface area contributed by atoms with E-state index in [0.717, 1.165) is 11.1 Å². The van der Waals surface area contributed by atoms with Crippen molar-refractivity contribution in [1.82, 2.24) is 0 Å². The predicted molar refractivity (Wildman–Crippen MR) is 125 cm³/mol. The van der Waals surface area contributed by atoms with E-state index in [1.165, 1.54) is 0 Å². The van der Waals surface area contributed by atoms with Crippen molar-refractivity contribution in [3.05, 3.63) is 70.8 Å². The van der Waals surface area contributed by atoms with Gasteiger partial charge in [0, 0.05) is 11.1 Å². The van der Waals surface area contributed by atoms with Crippen LogP contribution in [0.15, 0.2) is 48.5 Å². The summed E-state index contributed by atoms with van der Waals surface area (Å²) in [6, 6.07) is 14.7. The van der Waals surface area contributed by atoms with Crippen LogP contribution in [0.3, 0.4) is 0 Å². The van der Waals surface area contributed by atoms with E-state index in [1.54, 1.807) is 38.1 Å². The van der Waals surface area contributed by atoms with E-state index in [2.05, 4.69) is 0 Å². The Bertz CT molecular complexity index is 860. The number of ether oxygens (including phenoxy) is 2. The quantitative estimate of drug-likeness (QED) is 0.378. The first-order chi connectivity index (χ1) is 15.0. The van der Waals surface area contributed by atoms with E-state index in [9.17, 15) is 14.4 Å². The van der Waals surface area contributed by atoms with E-state index in [-0.39, 0.29) is 17.7 Å². The lowest BCUT2D eigenvalue weighted by Gasteiger charge is -2.22. The lowest BCUT2D eigenvalue weighted by molar-refractivity contribution is -0.154. The molecule has 0 unspecified atom stereocenters. The minimum atomic E-state index is -0.630. The van der Waals surface area contributed by atoms with E-state index >= 15 is 0 Å². The number of esters is 2. The molecule has 0 fully saturated rings. The first kappa shape index (κ1) is 25.3. The zero-order valence-corrected chi connectivity index (χ0v) is 20.0. The highest BCUT2D eigenvalue weighted by Crippen LogP contribution is 2.26. The van der Waals surface area contributed by atoms with Gasteiger partial charge in [0.05, 0.1) is 24.0 Å². The van der Waals surface area contributed by atoms with Crippen LogP contribution in [-0.2, 0) is 31.9 Å². The third-order valence-electron chi connectivity index (χ3n) is 5.38. The zero-order chi connectivity index (χ0) is 23.9. The lowest BCUT2D eigenvalue weighted by atomic mass is 9.85. The van der Waals surface area contributed by atoms with Crippen molar-refractivity contribution in [2.45, 2.75) is 54.4 Å². The summed E-state index contributed by atoms with van der Waals surface area (Å²) in [6.45, 7) is 11.7. The summed E-state index contributed by atoms with van der Waals surface area (Å²) in [4.78, 5) is 37.1. The van der Waals surface area contributed by atoms with Gasteiger partial charge in [-0.1, -0.05) is 48.5 Å². The number of carbonyl (C=O) groups is 3. The van der Waals surface area contributed by atoms with Gasteiger partial charge in [0.2, 0.25) is 0 Å². The molecule has 0 radical (unpaired) electrons. The van der Waals surface area contributed by atoms with Crippen molar-refractivity contribution >= 4 is 17.7 Å². The van der Waals surface area contributed by atoms with Crippen LogP contribution in [0.2, 0.25) is 0 Å². The van der Waals surface area contributed by atoms with Crippen molar-refractivity contribution < 1.29 is 23.9 Å². The molecule has 0 saturated heterocycles. The maximum absolute atomic E-state index is 12.9. The molecule has 172 valence electrons. The van der Waals surface area contributed by atoms with E-state index in [1.807, 2.05) is 52.0 Å². The second-order valence-corrected chi connectivity index (χ2v) is 9.29. The Labute approximate surface area is 191 Å². The molecule has 0 heterocycles. The van der Waals surface area contributed by atoms with Crippen LogP contribution >= 0.6 is 0 Å². The Balaban J connectivity index is 2.07. The Kier molecular flexibility index (Phi) is 8.37. The average Bonchev–Trinajstić information content (AvgIpc) is 2.74. The standard InChI is InChI=1S/C27H34O5/c1-7-31-24(29)26(3,4)17-19-9-13-21(14-10-19)23(28)22-15-11-20(12-16-22)18-27(5,6)25(30)32-8-2/h9-16H,7-8,17-18H2,1-6H3. The molecule has 0 aliphatic heterocycles. The summed E-state index contributed by atoms with van der Waals surface area (Å²) in [5, 5.41) is 0. The van der Waals surface area contributed by atoms with Gasteiger partial charge in [-0.25, -0.2) is 0 Å². The average molecular weight is 439 g/mol. The maximum Gasteiger partial charge on any atom is 0.311 e. The molecule has 0 atom stereocenters. The van der Waals surface area contributed by atoms with Crippen molar-refractivity contribution in [1.29, 1.82) is 0 Å². The molecule has 0 N–H and O–H groups in total. The van der Waals surface area contributed by atoms with Crippen LogP contribution < -0.4 is 0 Å². The number of rotatable bonds is 10. The molecular formula is C27H34O5. The van der Waals surface area contributed by atoms with Gasteiger partial charge in [-0.05, 0) is 65.5 Å². The molecule has 32 heavy (non-hydrogen) atoms. The molecule has 2 rings (SSSR count). The van der Waals surface area contributed by atoms with E-state index in [0.29, 0.717) is 37.2 Å². The summed E-state index contributed by atoms with van der Waals surface area (Å²) in [6.07, 6.45) is 1.07. The largest absolute Gasteiger partial charge is 0.466 e. The van der Waals surface area contributed by atoms with Crippen LogP contribution in [0.1, 0.15) is 68.6 Å². The minimum Gasteiger partial charge on any atom is -0.466 e. The van der Waals surface area contributed by atoms with Gasteiger partial charge in [-0.2, -0.15) is 0 Å². The number of carbonyl (C=O) groups excluding carboxylic acids is 3. The topological polar surface area (TPSA) is 69.7 Å². The van der Waals surface area contributed by atoms with Crippen molar-refractivity contribution in [3.63, 3.8) is 0 Å². The van der Waals surface area contributed by atoms with Crippen molar-refractivity contribution in [2.24, 2.45) is 10.8 Å². The third kappa shape index (κ3) is 6.52. The van der Waals surface area contributed by atoms with Gasteiger partial charge < -0.3 is 9.47 Å². The van der Waals surface area contributed by atoms with Gasteiger partial charge in [-0.15, -0.1) is 0 Å². The maximum atomic E-state index is 12.9. The van der Waals surface area contributed by atoms with Gasteiger partial charge in [0.1, 0.15) is 0 Å². The van der Waals surface area contributed by atoms with Crippen LogP contribution in [0.25, 0.3) is 0 Å². The summed E-state index contributed by atoms with van der Waals surface area (Å²) < 4.78 is 10.3. The fourth-order valence-corrected chi connectivity index (χ4v) is 3.53. The summed E-state index contributed by atoms with van der Waals surface area (Å²) in [5.41, 5.74) is 1.85. The predicted octanol–water partition coefficient (Wildman–Crippen LogP) is 5.18. The Morgan fingerprint density at radius 1 is 0.625 bits per heavy atom. The van der Waals surface area contributed by atoms with Gasteiger partial charge in [-0.3, -0.25) is 14.4 Å².